The van der Waals surface area contributed by atoms with E-state index in [-0.39, 0.29) is 0 Å². The van der Waals surface area contributed by atoms with Crippen LogP contribution in [0.25, 0.3) is 0 Å². The molecule has 1 N–H and O–H groups in total. The molecule has 1 aliphatic rings. The van der Waals surface area contributed by atoms with E-state index in [0.29, 0.717) is 6.04 Å². The van der Waals surface area contributed by atoms with Gasteiger partial charge in [0.25, 0.3) is 0 Å². The van der Waals surface area contributed by atoms with Gasteiger partial charge in [0.15, 0.2) is 0 Å². The van der Waals surface area contributed by atoms with Gasteiger partial charge in [-0.2, -0.15) is 0 Å². The molecule has 1 saturated carbocycles. The first kappa shape index (κ1) is 12.3. The zero-order valence-electron chi connectivity index (χ0n) is 9.63. The predicted molar refractivity (Wildman–Crippen MR) is 76.4 cm³/mol. The number of rotatable bonds is 3. The molecule has 0 saturated heterocycles. The third kappa shape index (κ3) is 3.17. The van der Waals surface area contributed by atoms with Crippen LogP contribution in [0, 0.1) is 0 Å². The summed E-state index contributed by atoms with van der Waals surface area (Å²) in [7, 11) is 0. The van der Waals surface area contributed by atoms with Crippen molar-refractivity contribution in [2.24, 2.45) is 0 Å². The van der Waals surface area contributed by atoms with Crippen LogP contribution in [0.5, 0.6) is 0 Å². The van der Waals surface area contributed by atoms with Gasteiger partial charge in [-0.05, 0) is 53.2 Å². The molecule has 1 aromatic carbocycles. The summed E-state index contributed by atoms with van der Waals surface area (Å²) in [5.74, 6) is 0. The lowest BCUT2D eigenvalue weighted by Crippen LogP contribution is -2.22. The van der Waals surface area contributed by atoms with E-state index in [0.717, 1.165) is 0 Å². The molecule has 0 amide bonds. The van der Waals surface area contributed by atoms with E-state index in [4.69, 9.17) is 0 Å². The molecule has 0 bridgehead atoms. The van der Waals surface area contributed by atoms with Crippen LogP contribution >= 0.6 is 27.7 Å². The Morgan fingerprint density at radius 3 is 2.62 bits per heavy atom. The van der Waals surface area contributed by atoms with Crippen molar-refractivity contribution in [2.75, 3.05) is 11.6 Å². The van der Waals surface area contributed by atoms with E-state index >= 15 is 0 Å². The first-order valence-electron chi connectivity index (χ1n) is 5.89. The topological polar surface area (TPSA) is 12.0 Å². The predicted octanol–water partition coefficient (Wildman–Crippen LogP) is 4.92. The summed E-state index contributed by atoms with van der Waals surface area (Å²) in [6.45, 7) is 0. The molecule has 2 rings (SSSR count). The fraction of sp³-hybridized carbons (Fsp3) is 0.538. The van der Waals surface area contributed by atoms with E-state index in [9.17, 15) is 0 Å². The largest absolute Gasteiger partial charge is 0.381 e. The third-order valence-corrected chi connectivity index (χ3v) is 4.52. The Labute approximate surface area is 111 Å². The Morgan fingerprint density at radius 1 is 1.25 bits per heavy atom. The van der Waals surface area contributed by atoms with Gasteiger partial charge in [0.2, 0.25) is 0 Å². The Morgan fingerprint density at radius 2 is 2.00 bits per heavy atom. The molecule has 1 aliphatic carbocycles. The maximum Gasteiger partial charge on any atom is 0.0487 e. The number of hydrogen-bond acceptors (Lipinski definition) is 2. The van der Waals surface area contributed by atoms with Crippen LogP contribution < -0.4 is 5.32 Å². The maximum absolute atomic E-state index is 3.64. The number of anilines is 1. The van der Waals surface area contributed by atoms with E-state index in [1.807, 2.05) is 0 Å². The van der Waals surface area contributed by atoms with Gasteiger partial charge in [-0.3, -0.25) is 0 Å². The van der Waals surface area contributed by atoms with Gasteiger partial charge in [0, 0.05) is 21.1 Å². The summed E-state index contributed by atoms with van der Waals surface area (Å²) in [5.41, 5.74) is 1.24. The first-order chi connectivity index (χ1) is 7.79. The average molecular weight is 300 g/mol. The molecule has 0 radical (unpaired) electrons. The molecule has 0 aliphatic heterocycles. The molecular formula is C13H18BrNS. The molecule has 0 aromatic heterocycles. The highest BCUT2D eigenvalue weighted by atomic mass is 79.9. The van der Waals surface area contributed by atoms with Crippen molar-refractivity contribution in [1.82, 2.24) is 0 Å². The quantitative estimate of drug-likeness (QED) is 0.796. The molecule has 1 aromatic rings. The number of benzene rings is 1. The van der Waals surface area contributed by atoms with Gasteiger partial charge >= 0.3 is 0 Å². The van der Waals surface area contributed by atoms with Crippen molar-refractivity contribution in [3.63, 3.8) is 0 Å². The van der Waals surface area contributed by atoms with E-state index in [1.165, 1.54) is 47.2 Å². The maximum atomic E-state index is 3.64. The Bertz CT molecular complexity index is 348. The smallest absolute Gasteiger partial charge is 0.0487 e. The van der Waals surface area contributed by atoms with Crippen molar-refractivity contribution >= 4 is 33.4 Å². The van der Waals surface area contributed by atoms with Gasteiger partial charge in [0.05, 0.1) is 0 Å². The minimum absolute atomic E-state index is 0.671. The summed E-state index contributed by atoms with van der Waals surface area (Å²) in [6, 6.07) is 7.23. The summed E-state index contributed by atoms with van der Waals surface area (Å²) < 4.78 is 1.19. The Kier molecular flexibility index (Phi) is 4.59. The van der Waals surface area contributed by atoms with Crippen LogP contribution in [0.2, 0.25) is 0 Å². The van der Waals surface area contributed by atoms with Crippen molar-refractivity contribution < 1.29 is 0 Å². The highest BCUT2D eigenvalue weighted by Crippen LogP contribution is 2.30. The minimum atomic E-state index is 0.671. The molecule has 1 fully saturated rings. The number of thioether (sulfide) groups is 1. The monoisotopic (exact) mass is 299 g/mol. The lowest BCUT2D eigenvalue weighted by atomic mass is 9.95. The molecule has 88 valence electrons. The zero-order valence-corrected chi connectivity index (χ0v) is 12.0. The summed E-state index contributed by atoms with van der Waals surface area (Å²) in [5, 5.41) is 3.64. The van der Waals surface area contributed by atoms with Crippen molar-refractivity contribution in [1.29, 1.82) is 0 Å². The lowest BCUT2D eigenvalue weighted by Gasteiger charge is -2.24. The second kappa shape index (κ2) is 5.97. The van der Waals surface area contributed by atoms with Gasteiger partial charge in [-0.15, -0.1) is 11.8 Å². The summed E-state index contributed by atoms with van der Waals surface area (Å²) in [6.07, 6.45) is 8.89. The molecular weight excluding hydrogens is 282 g/mol. The fourth-order valence-electron chi connectivity index (χ4n) is 2.21. The Balaban J connectivity index is 2.03. The molecule has 0 unspecified atom stereocenters. The minimum Gasteiger partial charge on any atom is -0.381 e. The van der Waals surface area contributed by atoms with Gasteiger partial charge < -0.3 is 5.32 Å². The SMILES string of the molecule is CSc1ccc(NC2CCCCC2)c(Br)c1. The molecule has 3 heteroatoms. The number of halogens is 1. The average Bonchev–Trinajstić information content (AvgIpc) is 2.33. The van der Waals surface area contributed by atoms with Gasteiger partial charge in [-0.1, -0.05) is 19.3 Å². The number of hydrogen-bond donors (Lipinski definition) is 1. The van der Waals surface area contributed by atoms with Crippen LogP contribution in [-0.2, 0) is 0 Å². The second-order valence-electron chi connectivity index (χ2n) is 4.33. The van der Waals surface area contributed by atoms with Crippen molar-refractivity contribution in [3.05, 3.63) is 22.7 Å². The molecule has 1 nitrogen and oxygen atoms in total. The zero-order chi connectivity index (χ0) is 11.4. The standard InChI is InChI=1S/C13H18BrNS/c1-16-11-7-8-13(12(14)9-11)15-10-5-3-2-4-6-10/h7-10,15H,2-6H2,1H3. The first-order valence-corrected chi connectivity index (χ1v) is 7.91. The van der Waals surface area contributed by atoms with E-state index in [1.54, 1.807) is 11.8 Å². The highest BCUT2D eigenvalue weighted by Gasteiger charge is 2.13. The van der Waals surface area contributed by atoms with Crippen LogP contribution in [0.1, 0.15) is 32.1 Å². The second-order valence-corrected chi connectivity index (χ2v) is 6.06. The van der Waals surface area contributed by atoms with E-state index < -0.39 is 0 Å². The fourth-order valence-corrected chi connectivity index (χ4v) is 3.29. The number of nitrogens with one attached hydrogen (secondary N) is 1. The van der Waals surface area contributed by atoms with Crippen LogP contribution in [0.4, 0.5) is 5.69 Å². The third-order valence-electron chi connectivity index (χ3n) is 3.14. The normalized spacial score (nSPS) is 17.4. The van der Waals surface area contributed by atoms with Crippen LogP contribution in [0.15, 0.2) is 27.6 Å². The van der Waals surface area contributed by atoms with Crippen LogP contribution in [0.3, 0.4) is 0 Å². The van der Waals surface area contributed by atoms with Gasteiger partial charge in [-0.25, -0.2) is 0 Å². The highest BCUT2D eigenvalue weighted by molar-refractivity contribution is 9.10. The summed E-state index contributed by atoms with van der Waals surface area (Å²) in [4.78, 5) is 1.31. The van der Waals surface area contributed by atoms with Crippen molar-refractivity contribution in [3.8, 4) is 0 Å². The van der Waals surface area contributed by atoms with Crippen LogP contribution in [-0.4, -0.2) is 12.3 Å². The van der Waals surface area contributed by atoms with E-state index in [2.05, 4.69) is 45.7 Å². The van der Waals surface area contributed by atoms with Crippen molar-refractivity contribution in [2.45, 2.75) is 43.0 Å². The lowest BCUT2D eigenvalue weighted by molar-refractivity contribution is 0.462. The molecule has 0 spiro atoms. The molecule has 0 atom stereocenters. The molecule has 16 heavy (non-hydrogen) atoms. The van der Waals surface area contributed by atoms with Gasteiger partial charge in [0.1, 0.15) is 0 Å². The Hall–Kier alpha value is -0.150. The molecule has 0 heterocycles. The summed E-state index contributed by atoms with van der Waals surface area (Å²) >= 11 is 5.42.